The fourth-order valence-electron chi connectivity index (χ4n) is 4.05. The smallest absolute Gasteiger partial charge is 0.293 e. The Hall–Kier alpha value is -2.44. The van der Waals surface area contributed by atoms with E-state index < -0.39 is 0 Å². The highest BCUT2D eigenvalue weighted by Gasteiger charge is 2.31. The number of aromatic nitrogens is 4. The lowest BCUT2D eigenvalue weighted by Gasteiger charge is -2.25. The second-order valence-corrected chi connectivity index (χ2v) is 8.19. The second kappa shape index (κ2) is 6.62. The van der Waals surface area contributed by atoms with Gasteiger partial charge in [0.05, 0.1) is 18.3 Å². The van der Waals surface area contributed by atoms with Gasteiger partial charge in [-0.05, 0) is 50.5 Å². The molecule has 1 atom stereocenters. The predicted octanol–water partition coefficient (Wildman–Crippen LogP) is 1.76. The van der Waals surface area contributed by atoms with Crippen LogP contribution < -0.4 is 16.0 Å². The van der Waals surface area contributed by atoms with Crippen LogP contribution >= 0.6 is 0 Å². The minimum Gasteiger partial charge on any atom is -0.347 e. The molecule has 3 aliphatic rings. The molecule has 0 radical (unpaired) electrons. The summed E-state index contributed by atoms with van der Waals surface area (Å²) in [7, 11) is 0. The van der Waals surface area contributed by atoms with Gasteiger partial charge in [0.2, 0.25) is 0 Å². The van der Waals surface area contributed by atoms with E-state index in [2.05, 4.69) is 15.0 Å². The zero-order valence-corrected chi connectivity index (χ0v) is 15.5. The summed E-state index contributed by atoms with van der Waals surface area (Å²) in [5.41, 5.74) is 0.936. The standard InChI is InChI=1S/C20H25N5O2/c26-18-8-7-17(15-5-6-15)22-25(18)13-16-2-1-10-24(16)19-20(27)23(11-9-21-19)12-14-3-4-14/h7-9,11,14-16H,1-6,10,12-13H2. The van der Waals surface area contributed by atoms with Gasteiger partial charge in [-0.3, -0.25) is 9.59 Å². The lowest BCUT2D eigenvalue weighted by molar-refractivity contribution is 0.478. The number of hydrogen-bond donors (Lipinski definition) is 0. The van der Waals surface area contributed by atoms with E-state index in [0.29, 0.717) is 24.2 Å². The van der Waals surface area contributed by atoms with E-state index >= 15 is 0 Å². The van der Waals surface area contributed by atoms with Crippen molar-refractivity contribution < 1.29 is 0 Å². The Morgan fingerprint density at radius 2 is 1.89 bits per heavy atom. The molecule has 7 nitrogen and oxygen atoms in total. The maximum atomic E-state index is 12.9. The molecule has 142 valence electrons. The van der Waals surface area contributed by atoms with Crippen molar-refractivity contribution >= 4 is 5.82 Å². The van der Waals surface area contributed by atoms with Gasteiger partial charge >= 0.3 is 0 Å². The average Bonchev–Trinajstić information content (AvgIpc) is 3.59. The van der Waals surface area contributed by atoms with Crippen LogP contribution in [0.4, 0.5) is 5.82 Å². The van der Waals surface area contributed by atoms with Gasteiger partial charge in [0.25, 0.3) is 11.1 Å². The van der Waals surface area contributed by atoms with Crippen LogP contribution in [0.25, 0.3) is 0 Å². The Bertz CT molecular complexity index is 957. The molecule has 0 bridgehead atoms. The normalized spacial score (nSPS) is 22.4. The number of anilines is 1. The molecule has 2 aromatic rings. The van der Waals surface area contributed by atoms with E-state index in [1.54, 1.807) is 27.7 Å². The molecule has 0 N–H and O–H groups in total. The molecule has 0 amide bonds. The molecule has 0 aromatic carbocycles. The second-order valence-electron chi connectivity index (χ2n) is 8.19. The number of rotatable bonds is 6. The van der Waals surface area contributed by atoms with Crippen molar-refractivity contribution in [3.05, 3.63) is 50.9 Å². The summed E-state index contributed by atoms with van der Waals surface area (Å²) in [6.45, 7) is 2.10. The molecule has 1 aliphatic heterocycles. The molecule has 2 saturated carbocycles. The maximum absolute atomic E-state index is 12.9. The SMILES string of the molecule is O=c1c(N2CCCC2Cn2nc(C3CC3)ccc2=O)nccn1CC1CC1. The molecular formula is C20H25N5O2. The third kappa shape index (κ3) is 3.42. The first-order chi connectivity index (χ1) is 13.2. The van der Waals surface area contributed by atoms with Crippen LogP contribution in [0.15, 0.2) is 34.1 Å². The molecule has 1 unspecified atom stereocenters. The van der Waals surface area contributed by atoms with Gasteiger partial charge in [-0.25, -0.2) is 9.67 Å². The van der Waals surface area contributed by atoms with E-state index in [0.717, 1.165) is 44.5 Å². The van der Waals surface area contributed by atoms with Crippen LogP contribution in [-0.4, -0.2) is 31.9 Å². The van der Waals surface area contributed by atoms with Crippen LogP contribution in [-0.2, 0) is 13.1 Å². The Morgan fingerprint density at radius 1 is 1.04 bits per heavy atom. The molecule has 3 fully saturated rings. The van der Waals surface area contributed by atoms with E-state index in [1.807, 2.05) is 6.07 Å². The lowest BCUT2D eigenvalue weighted by atomic mass is 10.2. The first-order valence-electron chi connectivity index (χ1n) is 10.1. The third-order valence-electron chi connectivity index (χ3n) is 5.96. The number of hydrogen-bond acceptors (Lipinski definition) is 5. The average molecular weight is 367 g/mol. The summed E-state index contributed by atoms with van der Waals surface area (Å²) < 4.78 is 3.38. The van der Waals surface area contributed by atoms with Gasteiger partial charge in [-0.15, -0.1) is 0 Å². The fourth-order valence-corrected chi connectivity index (χ4v) is 4.05. The van der Waals surface area contributed by atoms with Crippen LogP contribution in [0.5, 0.6) is 0 Å². The van der Waals surface area contributed by atoms with Crippen LogP contribution in [0.2, 0.25) is 0 Å². The Balaban J connectivity index is 1.40. The molecule has 27 heavy (non-hydrogen) atoms. The van der Waals surface area contributed by atoms with Crippen molar-refractivity contribution in [1.29, 1.82) is 0 Å². The summed E-state index contributed by atoms with van der Waals surface area (Å²) >= 11 is 0. The molecule has 1 saturated heterocycles. The molecule has 5 rings (SSSR count). The van der Waals surface area contributed by atoms with Gasteiger partial charge in [-0.1, -0.05) is 0 Å². The lowest BCUT2D eigenvalue weighted by Crippen LogP contribution is -2.41. The minimum atomic E-state index is -0.0709. The highest BCUT2D eigenvalue weighted by molar-refractivity contribution is 5.38. The van der Waals surface area contributed by atoms with E-state index in [9.17, 15) is 9.59 Å². The molecule has 3 heterocycles. The van der Waals surface area contributed by atoms with E-state index in [4.69, 9.17) is 0 Å². The molecular weight excluding hydrogens is 342 g/mol. The Kier molecular flexibility index (Phi) is 4.10. The third-order valence-corrected chi connectivity index (χ3v) is 5.96. The largest absolute Gasteiger partial charge is 0.347 e. The quantitative estimate of drug-likeness (QED) is 0.778. The molecule has 7 heteroatoms. The number of nitrogens with zero attached hydrogens (tertiary/aromatic N) is 5. The van der Waals surface area contributed by atoms with Gasteiger partial charge in [0.1, 0.15) is 0 Å². The van der Waals surface area contributed by atoms with Crippen molar-refractivity contribution in [2.24, 2.45) is 5.92 Å². The minimum absolute atomic E-state index is 0.0108. The van der Waals surface area contributed by atoms with Crippen LogP contribution in [0, 0.1) is 5.92 Å². The summed E-state index contributed by atoms with van der Waals surface area (Å²) in [6.07, 6.45) is 10.2. The monoisotopic (exact) mass is 367 g/mol. The molecule has 0 spiro atoms. The first kappa shape index (κ1) is 16.7. The topological polar surface area (TPSA) is 73.0 Å². The van der Waals surface area contributed by atoms with Crippen molar-refractivity contribution in [3.63, 3.8) is 0 Å². The van der Waals surface area contributed by atoms with E-state index in [1.165, 1.54) is 12.8 Å². The highest BCUT2D eigenvalue weighted by atomic mass is 16.1. The summed E-state index contributed by atoms with van der Waals surface area (Å²) in [5, 5.41) is 4.59. The highest BCUT2D eigenvalue weighted by Crippen LogP contribution is 2.38. The van der Waals surface area contributed by atoms with Gasteiger partial charge in [0, 0.05) is 37.5 Å². The summed E-state index contributed by atoms with van der Waals surface area (Å²) in [6, 6.07) is 3.57. The van der Waals surface area contributed by atoms with Gasteiger partial charge in [0.15, 0.2) is 5.82 Å². The summed E-state index contributed by atoms with van der Waals surface area (Å²) in [4.78, 5) is 31.7. The maximum Gasteiger partial charge on any atom is 0.293 e. The van der Waals surface area contributed by atoms with E-state index in [-0.39, 0.29) is 17.2 Å². The molecule has 2 aliphatic carbocycles. The van der Waals surface area contributed by atoms with Crippen molar-refractivity contribution in [2.45, 2.75) is 63.6 Å². The zero-order chi connectivity index (χ0) is 18.4. The van der Waals surface area contributed by atoms with Crippen molar-refractivity contribution in [3.8, 4) is 0 Å². The summed E-state index contributed by atoms with van der Waals surface area (Å²) in [5.74, 6) is 1.68. The van der Waals surface area contributed by atoms with Gasteiger partial charge in [-0.2, -0.15) is 5.10 Å². The van der Waals surface area contributed by atoms with Crippen LogP contribution in [0.3, 0.4) is 0 Å². The van der Waals surface area contributed by atoms with Crippen molar-refractivity contribution in [1.82, 2.24) is 19.3 Å². The Morgan fingerprint density at radius 3 is 2.67 bits per heavy atom. The first-order valence-corrected chi connectivity index (χ1v) is 10.1. The van der Waals surface area contributed by atoms with Crippen LogP contribution in [0.1, 0.15) is 50.1 Å². The van der Waals surface area contributed by atoms with Crippen molar-refractivity contribution in [2.75, 3.05) is 11.4 Å². The molecule has 2 aromatic heterocycles. The fraction of sp³-hybridized carbons (Fsp3) is 0.600. The Labute approximate surface area is 157 Å². The predicted molar refractivity (Wildman–Crippen MR) is 102 cm³/mol. The zero-order valence-electron chi connectivity index (χ0n) is 15.5. The van der Waals surface area contributed by atoms with Gasteiger partial charge < -0.3 is 9.47 Å².